The maximum absolute atomic E-state index is 13.6. The number of carbonyl (C=O) groups excluding carboxylic acids is 1. The van der Waals surface area contributed by atoms with E-state index in [2.05, 4.69) is 27.9 Å². The Morgan fingerprint density at radius 3 is 1.57 bits per heavy atom. The largest absolute Gasteiger partial charge is 0.480 e. The van der Waals surface area contributed by atoms with Crippen LogP contribution in [0, 0.1) is 3.57 Å². The molecule has 4 nitrogen and oxygen atoms in total. The summed E-state index contributed by atoms with van der Waals surface area (Å²) in [7, 11) is 0. The molecule has 0 saturated carbocycles. The minimum atomic E-state index is -1.05. The van der Waals surface area contributed by atoms with E-state index < -0.39 is 17.4 Å². The Labute approximate surface area is 219 Å². The zero-order chi connectivity index (χ0) is 24.7. The van der Waals surface area contributed by atoms with Gasteiger partial charge in [-0.15, -0.1) is 0 Å². The molecule has 0 heterocycles. The third-order valence-corrected chi connectivity index (χ3v) is 7.29. The van der Waals surface area contributed by atoms with Gasteiger partial charge in [0.2, 0.25) is 5.91 Å². The van der Waals surface area contributed by atoms with Crippen molar-refractivity contribution in [1.82, 2.24) is 5.32 Å². The summed E-state index contributed by atoms with van der Waals surface area (Å²) in [6.07, 6.45) is 0.288. The number of amides is 1. The number of nitrogens with one attached hydrogen (secondary N) is 1. The molecule has 0 saturated heterocycles. The summed E-state index contributed by atoms with van der Waals surface area (Å²) in [4.78, 5) is 25.7. The molecule has 0 aromatic heterocycles. The number of carboxylic acids is 1. The molecule has 4 rings (SSSR count). The van der Waals surface area contributed by atoms with Gasteiger partial charge in [-0.05, 0) is 50.9 Å². The van der Waals surface area contributed by atoms with Gasteiger partial charge in [0.1, 0.15) is 6.04 Å². The van der Waals surface area contributed by atoms with Gasteiger partial charge in [-0.2, -0.15) is 0 Å². The molecule has 0 fully saturated rings. The van der Waals surface area contributed by atoms with Gasteiger partial charge >= 0.3 is 5.97 Å². The first-order chi connectivity index (χ1) is 17.0. The van der Waals surface area contributed by atoms with Crippen LogP contribution in [0.5, 0.6) is 0 Å². The van der Waals surface area contributed by atoms with Crippen LogP contribution in [0.3, 0.4) is 0 Å². The molecule has 4 aromatic rings. The lowest BCUT2D eigenvalue weighted by Gasteiger charge is -2.36. The number of rotatable bonds is 9. The van der Waals surface area contributed by atoms with Crippen molar-refractivity contribution >= 4 is 34.5 Å². The number of carbonyl (C=O) groups is 2. The van der Waals surface area contributed by atoms with Crippen molar-refractivity contribution in [1.29, 1.82) is 0 Å². The molecular weight excluding hydrogens is 549 g/mol. The van der Waals surface area contributed by atoms with E-state index in [0.29, 0.717) is 0 Å². The number of hydrogen-bond donors (Lipinski definition) is 2. The number of benzene rings is 4. The van der Waals surface area contributed by atoms with E-state index in [1.54, 1.807) is 0 Å². The first kappa shape index (κ1) is 24.7. The molecule has 1 amide bonds. The molecule has 0 spiro atoms. The minimum absolute atomic E-state index is 0.0701. The van der Waals surface area contributed by atoms with E-state index in [0.717, 1.165) is 25.8 Å². The fraction of sp³-hybridized carbons (Fsp3) is 0.133. The SMILES string of the molecule is O=C(CC(c1ccccc1)(c1ccccc1)c1ccccc1)N[C@H](Cc1ccccc1I)C(=O)O. The molecule has 5 heteroatoms. The van der Waals surface area contributed by atoms with E-state index >= 15 is 0 Å². The smallest absolute Gasteiger partial charge is 0.326 e. The van der Waals surface area contributed by atoms with Crippen molar-refractivity contribution in [2.45, 2.75) is 24.3 Å². The second-order valence-electron chi connectivity index (χ2n) is 8.43. The van der Waals surface area contributed by atoms with Crippen LogP contribution in [0.15, 0.2) is 115 Å². The van der Waals surface area contributed by atoms with Crippen molar-refractivity contribution < 1.29 is 14.7 Å². The van der Waals surface area contributed by atoms with Gasteiger partial charge in [-0.25, -0.2) is 4.79 Å². The van der Waals surface area contributed by atoms with Crippen molar-refractivity contribution in [2.75, 3.05) is 0 Å². The Hall–Kier alpha value is -3.45. The molecule has 0 aliphatic rings. The Balaban J connectivity index is 1.74. The zero-order valence-electron chi connectivity index (χ0n) is 19.1. The average Bonchev–Trinajstić information content (AvgIpc) is 2.89. The van der Waals surface area contributed by atoms with E-state index in [-0.39, 0.29) is 18.7 Å². The Bertz CT molecular complexity index is 1180. The lowest BCUT2D eigenvalue weighted by atomic mass is 9.67. The molecule has 35 heavy (non-hydrogen) atoms. The molecule has 2 N–H and O–H groups in total. The summed E-state index contributed by atoms with van der Waals surface area (Å²) in [5.74, 6) is -1.37. The quantitative estimate of drug-likeness (QED) is 0.195. The lowest BCUT2D eigenvalue weighted by Crippen LogP contribution is -2.45. The molecular formula is C30H26INO3. The minimum Gasteiger partial charge on any atom is -0.480 e. The Morgan fingerprint density at radius 1 is 0.714 bits per heavy atom. The highest BCUT2D eigenvalue weighted by molar-refractivity contribution is 14.1. The average molecular weight is 575 g/mol. The first-order valence-corrected chi connectivity index (χ1v) is 12.5. The summed E-state index contributed by atoms with van der Waals surface area (Å²) in [5, 5.41) is 12.7. The van der Waals surface area contributed by atoms with Crippen LogP contribution in [0.4, 0.5) is 0 Å². The van der Waals surface area contributed by atoms with Crippen LogP contribution >= 0.6 is 22.6 Å². The molecule has 0 unspecified atom stereocenters. The summed E-state index contributed by atoms with van der Waals surface area (Å²) < 4.78 is 0.970. The second kappa shape index (κ2) is 11.3. The summed E-state index contributed by atoms with van der Waals surface area (Å²) >= 11 is 2.19. The first-order valence-electron chi connectivity index (χ1n) is 11.4. The molecule has 0 radical (unpaired) electrons. The van der Waals surface area contributed by atoms with Crippen molar-refractivity contribution in [3.63, 3.8) is 0 Å². The number of hydrogen-bond acceptors (Lipinski definition) is 2. The fourth-order valence-corrected chi connectivity index (χ4v) is 5.15. The van der Waals surface area contributed by atoms with Crippen molar-refractivity contribution in [3.05, 3.63) is 141 Å². The highest BCUT2D eigenvalue weighted by Gasteiger charge is 2.39. The van der Waals surface area contributed by atoms with Crippen LogP contribution in [0.25, 0.3) is 0 Å². The normalized spacial score (nSPS) is 12.0. The van der Waals surface area contributed by atoms with Gasteiger partial charge in [0.25, 0.3) is 0 Å². The maximum Gasteiger partial charge on any atom is 0.326 e. The Morgan fingerprint density at radius 2 is 1.14 bits per heavy atom. The van der Waals surface area contributed by atoms with Gasteiger partial charge < -0.3 is 10.4 Å². The van der Waals surface area contributed by atoms with Gasteiger partial charge in [0, 0.05) is 16.4 Å². The van der Waals surface area contributed by atoms with Crippen LogP contribution in [0.1, 0.15) is 28.7 Å². The van der Waals surface area contributed by atoms with Crippen LogP contribution < -0.4 is 5.32 Å². The zero-order valence-corrected chi connectivity index (χ0v) is 21.3. The monoisotopic (exact) mass is 575 g/mol. The highest BCUT2D eigenvalue weighted by Crippen LogP contribution is 2.42. The fourth-order valence-electron chi connectivity index (χ4n) is 4.54. The third kappa shape index (κ3) is 5.62. The van der Waals surface area contributed by atoms with Crippen molar-refractivity contribution in [3.8, 4) is 0 Å². The van der Waals surface area contributed by atoms with Gasteiger partial charge in [0.15, 0.2) is 0 Å². The van der Waals surface area contributed by atoms with E-state index in [9.17, 15) is 14.7 Å². The van der Waals surface area contributed by atoms with Gasteiger partial charge in [-0.3, -0.25) is 4.79 Å². The van der Waals surface area contributed by atoms with Gasteiger partial charge in [0.05, 0.1) is 5.41 Å². The number of carboxylic acid groups (broad SMARTS) is 1. The summed E-state index contributed by atoms with van der Waals surface area (Å²) in [6, 6.07) is 36.4. The third-order valence-electron chi connectivity index (χ3n) is 6.24. The standard InChI is InChI=1S/C30H26INO3/c31-26-19-11-10-12-22(26)20-27(29(34)35)32-28(33)21-30(23-13-4-1-5-14-23,24-15-6-2-7-16-24)25-17-8-3-9-18-25/h1-19,27H,20-21H2,(H,32,33)(H,34,35)/t27-/m1/s1. The lowest BCUT2D eigenvalue weighted by molar-refractivity contribution is -0.141. The molecule has 0 bridgehead atoms. The van der Waals surface area contributed by atoms with Crippen molar-refractivity contribution in [2.24, 2.45) is 0 Å². The van der Waals surface area contributed by atoms with Crippen LogP contribution in [-0.2, 0) is 21.4 Å². The molecule has 176 valence electrons. The predicted octanol–water partition coefficient (Wildman–Crippen LogP) is 5.83. The van der Waals surface area contributed by atoms with Crippen LogP contribution in [0.2, 0.25) is 0 Å². The molecule has 4 aromatic carbocycles. The maximum atomic E-state index is 13.6. The topological polar surface area (TPSA) is 66.4 Å². The van der Waals surface area contributed by atoms with E-state index in [1.165, 1.54) is 0 Å². The number of aliphatic carboxylic acids is 1. The van der Waals surface area contributed by atoms with E-state index in [4.69, 9.17) is 0 Å². The second-order valence-corrected chi connectivity index (χ2v) is 9.60. The van der Waals surface area contributed by atoms with Gasteiger partial charge in [-0.1, -0.05) is 109 Å². The van der Waals surface area contributed by atoms with E-state index in [1.807, 2.05) is 115 Å². The summed E-state index contributed by atoms with van der Waals surface area (Å²) in [6.45, 7) is 0. The molecule has 0 aliphatic carbocycles. The molecule has 0 aliphatic heterocycles. The molecule has 1 atom stereocenters. The predicted molar refractivity (Wildman–Crippen MR) is 146 cm³/mol. The summed E-state index contributed by atoms with van der Waals surface area (Å²) in [5.41, 5.74) is 3.02. The Kier molecular flexibility index (Phi) is 7.98. The highest BCUT2D eigenvalue weighted by atomic mass is 127. The number of halogens is 1. The van der Waals surface area contributed by atoms with Crippen LogP contribution in [-0.4, -0.2) is 23.0 Å².